The Morgan fingerprint density at radius 1 is 1.14 bits per heavy atom. The van der Waals surface area contributed by atoms with E-state index in [0.29, 0.717) is 23.8 Å². The van der Waals surface area contributed by atoms with E-state index in [0.717, 1.165) is 16.8 Å². The fraction of sp³-hybridized carbons (Fsp3) is 0.190. The van der Waals surface area contributed by atoms with Gasteiger partial charge < -0.3 is 9.84 Å². The van der Waals surface area contributed by atoms with Gasteiger partial charge in [-0.3, -0.25) is 4.90 Å². The van der Waals surface area contributed by atoms with E-state index in [2.05, 4.69) is 15.5 Å². The van der Waals surface area contributed by atoms with Crippen molar-refractivity contribution in [2.75, 3.05) is 6.54 Å². The molecule has 2 amide bonds. The second-order valence-electron chi connectivity index (χ2n) is 6.47. The highest BCUT2D eigenvalue weighted by molar-refractivity contribution is 5.86. The molecule has 1 atom stereocenters. The summed E-state index contributed by atoms with van der Waals surface area (Å²) in [5.41, 5.74) is 3.07. The summed E-state index contributed by atoms with van der Waals surface area (Å²) < 4.78 is 18.7. The molecular formula is C21H19FN4O2. The fourth-order valence-corrected chi connectivity index (χ4v) is 3.38. The first-order valence-electron chi connectivity index (χ1n) is 9.02. The summed E-state index contributed by atoms with van der Waals surface area (Å²) in [5.74, 6) is 0.356. The number of halogens is 1. The van der Waals surface area contributed by atoms with E-state index in [-0.39, 0.29) is 11.8 Å². The Morgan fingerprint density at radius 3 is 2.54 bits per heavy atom. The number of amides is 2. The summed E-state index contributed by atoms with van der Waals surface area (Å²) >= 11 is 0. The summed E-state index contributed by atoms with van der Waals surface area (Å²) in [6.07, 6.45) is 0. The van der Waals surface area contributed by atoms with Crippen molar-refractivity contribution in [3.63, 3.8) is 0 Å². The molecule has 4 rings (SSSR count). The highest BCUT2D eigenvalue weighted by Crippen LogP contribution is 2.37. The van der Waals surface area contributed by atoms with Gasteiger partial charge in [-0.25, -0.2) is 9.18 Å². The van der Waals surface area contributed by atoms with Crippen molar-refractivity contribution in [3.8, 4) is 11.4 Å². The Labute approximate surface area is 161 Å². The summed E-state index contributed by atoms with van der Waals surface area (Å²) in [7, 11) is 0. The number of rotatable bonds is 4. The van der Waals surface area contributed by atoms with Crippen LogP contribution in [-0.4, -0.2) is 27.6 Å². The molecule has 0 saturated carbocycles. The molecule has 2 heterocycles. The van der Waals surface area contributed by atoms with Crippen molar-refractivity contribution < 1.29 is 13.7 Å². The van der Waals surface area contributed by atoms with Gasteiger partial charge in [-0.2, -0.15) is 4.98 Å². The van der Waals surface area contributed by atoms with E-state index < -0.39 is 6.04 Å². The molecule has 2 aromatic carbocycles. The quantitative estimate of drug-likeness (QED) is 0.731. The third kappa shape index (κ3) is 3.15. The molecule has 0 saturated heterocycles. The smallest absolute Gasteiger partial charge is 0.322 e. The standard InChI is InChI=1S/C21H19FN4O2/c1-3-26-13(2)17(18(23-21(26)27)14-7-5-4-6-8-14)20-24-19(25-28-20)15-9-11-16(22)12-10-15/h4-12,18H,3H2,1-2H3,(H,23,27). The molecule has 0 bridgehead atoms. The summed E-state index contributed by atoms with van der Waals surface area (Å²) in [6.45, 7) is 4.29. The van der Waals surface area contributed by atoms with E-state index in [4.69, 9.17) is 4.52 Å². The number of hydrogen-bond donors (Lipinski definition) is 1. The molecule has 0 aliphatic carbocycles. The van der Waals surface area contributed by atoms with Crippen LogP contribution in [0.2, 0.25) is 0 Å². The highest BCUT2D eigenvalue weighted by Gasteiger charge is 2.35. The molecule has 1 unspecified atom stereocenters. The first-order chi connectivity index (χ1) is 13.6. The third-order valence-electron chi connectivity index (χ3n) is 4.80. The van der Waals surface area contributed by atoms with Gasteiger partial charge in [-0.15, -0.1) is 0 Å². The maximum absolute atomic E-state index is 13.2. The molecule has 0 fully saturated rings. The van der Waals surface area contributed by atoms with E-state index in [1.165, 1.54) is 12.1 Å². The van der Waals surface area contributed by atoms with E-state index in [1.807, 2.05) is 44.2 Å². The lowest BCUT2D eigenvalue weighted by Gasteiger charge is -2.34. The van der Waals surface area contributed by atoms with Crippen molar-refractivity contribution in [1.29, 1.82) is 0 Å². The zero-order valence-corrected chi connectivity index (χ0v) is 15.5. The monoisotopic (exact) mass is 378 g/mol. The lowest BCUT2D eigenvalue weighted by atomic mass is 9.95. The molecule has 28 heavy (non-hydrogen) atoms. The molecule has 142 valence electrons. The minimum absolute atomic E-state index is 0.170. The van der Waals surface area contributed by atoms with Crippen molar-refractivity contribution in [2.24, 2.45) is 0 Å². The van der Waals surface area contributed by atoms with Crippen LogP contribution in [0.25, 0.3) is 17.0 Å². The van der Waals surface area contributed by atoms with Gasteiger partial charge in [-0.1, -0.05) is 35.5 Å². The van der Waals surface area contributed by atoms with Crippen molar-refractivity contribution in [3.05, 3.63) is 77.6 Å². The minimum Gasteiger partial charge on any atom is -0.334 e. The second-order valence-corrected chi connectivity index (χ2v) is 6.47. The van der Waals surface area contributed by atoms with E-state index in [9.17, 15) is 9.18 Å². The normalized spacial score (nSPS) is 17.0. The number of hydrogen-bond acceptors (Lipinski definition) is 4. The molecule has 7 heteroatoms. The van der Waals surface area contributed by atoms with Crippen molar-refractivity contribution in [1.82, 2.24) is 20.4 Å². The molecule has 1 aliphatic rings. The van der Waals surface area contributed by atoms with Gasteiger partial charge in [-0.05, 0) is 43.7 Å². The number of carbonyl (C=O) groups excluding carboxylic acids is 1. The van der Waals surface area contributed by atoms with Gasteiger partial charge in [0.2, 0.25) is 5.82 Å². The van der Waals surface area contributed by atoms with E-state index >= 15 is 0 Å². The Kier molecular flexibility index (Phi) is 4.65. The topological polar surface area (TPSA) is 71.3 Å². The predicted molar refractivity (Wildman–Crippen MR) is 102 cm³/mol. The van der Waals surface area contributed by atoms with Gasteiger partial charge >= 0.3 is 6.03 Å². The number of aromatic nitrogens is 2. The number of nitrogens with zero attached hydrogens (tertiary/aromatic N) is 3. The van der Waals surface area contributed by atoms with Crippen LogP contribution in [0, 0.1) is 5.82 Å². The number of benzene rings is 2. The summed E-state index contributed by atoms with van der Waals surface area (Å²) in [4.78, 5) is 18.7. The number of urea groups is 1. The summed E-state index contributed by atoms with van der Waals surface area (Å²) in [5, 5.41) is 7.07. The predicted octanol–water partition coefficient (Wildman–Crippen LogP) is 4.39. The van der Waals surface area contributed by atoms with Crippen molar-refractivity contribution in [2.45, 2.75) is 19.9 Å². The lowest BCUT2D eigenvalue weighted by Crippen LogP contribution is -2.45. The third-order valence-corrected chi connectivity index (χ3v) is 4.80. The molecule has 3 aromatic rings. The highest BCUT2D eigenvalue weighted by atomic mass is 19.1. The van der Waals surface area contributed by atoms with Crippen LogP contribution in [0.4, 0.5) is 9.18 Å². The number of carbonyl (C=O) groups is 1. The SMILES string of the molecule is CCN1C(=O)NC(c2ccccc2)C(c2nc(-c3ccc(F)cc3)no2)=C1C. The van der Waals surface area contributed by atoms with Crippen LogP contribution in [0.15, 0.2) is 64.8 Å². The molecule has 0 spiro atoms. The summed E-state index contributed by atoms with van der Waals surface area (Å²) in [6, 6.07) is 15.0. The average Bonchev–Trinajstić information content (AvgIpc) is 3.18. The number of nitrogens with one attached hydrogen (secondary N) is 1. The minimum atomic E-state index is -0.405. The molecule has 1 N–H and O–H groups in total. The van der Waals surface area contributed by atoms with Crippen LogP contribution < -0.4 is 5.32 Å². The lowest BCUT2D eigenvalue weighted by molar-refractivity contribution is 0.207. The maximum atomic E-state index is 13.2. The molecule has 1 aliphatic heterocycles. The van der Waals surface area contributed by atoms with Gasteiger partial charge in [0.15, 0.2) is 0 Å². The maximum Gasteiger partial charge on any atom is 0.322 e. The first kappa shape index (κ1) is 17.9. The Bertz CT molecular complexity index is 1030. The van der Waals surface area contributed by atoms with Crippen LogP contribution in [0.3, 0.4) is 0 Å². The fourth-order valence-electron chi connectivity index (χ4n) is 3.38. The Balaban J connectivity index is 1.80. The number of allylic oxidation sites excluding steroid dienone is 1. The van der Waals surface area contributed by atoms with Crippen LogP contribution in [0.5, 0.6) is 0 Å². The van der Waals surface area contributed by atoms with Crippen molar-refractivity contribution >= 4 is 11.6 Å². The van der Waals surface area contributed by atoms with Gasteiger partial charge in [0.05, 0.1) is 11.6 Å². The van der Waals surface area contributed by atoms with Gasteiger partial charge in [0.25, 0.3) is 5.89 Å². The molecule has 0 radical (unpaired) electrons. The molecular weight excluding hydrogens is 359 g/mol. The van der Waals surface area contributed by atoms with Crippen LogP contribution in [-0.2, 0) is 0 Å². The first-order valence-corrected chi connectivity index (χ1v) is 9.02. The molecule has 6 nitrogen and oxygen atoms in total. The molecule has 1 aromatic heterocycles. The van der Waals surface area contributed by atoms with Gasteiger partial charge in [0, 0.05) is 17.8 Å². The van der Waals surface area contributed by atoms with Crippen LogP contribution in [0.1, 0.15) is 31.3 Å². The largest absolute Gasteiger partial charge is 0.334 e. The zero-order chi connectivity index (χ0) is 19.7. The van der Waals surface area contributed by atoms with E-state index in [1.54, 1.807) is 17.0 Å². The Hall–Kier alpha value is -3.48. The van der Waals surface area contributed by atoms with Gasteiger partial charge in [0.1, 0.15) is 5.82 Å². The second kappa shape index (κ2) is 7.26. The zero-order valence-electron chi connectivity index (χ0n) is 15.5. The van der Waals surface area contributed by atoms with Crippen LogP contribution >= 0.6 is 0 Å². The Morgan fingerprint density at radius 2 is 1.86 bits per heavy atom. The average molecular weight is 378 g/mol.